The van der Waals surface area contributed by atoms with E-state index in [4.69, 9.17) is 4.74 Å². The van der Waals surface area contributed by atoms with Crippen molar-refractivity contribution in [2.75, 3.05) is 38.3 Å². The summed E-state index contributed by atoms with van der Waals surface area (Å²) in [5.41, 5.74) is 1.06. The molecular formula is C13H22N4O2. The van der Waals surface area contributed by atoms with Crippen LogP contribution in [0.4, 0.5) is 5.95 Å². The standard InChI is InChI=1S/C13H22N4O2/c1-19-6-4-14-7-11-8-15-13(16-9-11)17-5-2-3-12(17)10-18/h8-9,12,14,18H,2-7,10H2,1H3. The molecule has 1 unspecified atom stereocenters. The summed E-state index contributed by atoms with van der Waals surface area (Å²) in [7, 11) is 1.69. The molecule has 1 saturated heterocycles. The van der Waals surface area contributed by atoms with Crippen LogP contribution in [0.15, 0.2) is 12.4 Å². The SMILES string of the molecule is COCCNCc1cnc(N2CCCC2CO)nc1. The topological polar surface area (TPSA) is 70.5 Å². The van der Waals surface area contributed by atoms with Crippen molar-refractivity contribution in [3.8, 4) is 0 Å². The van der Waals surface area contributed by atoms with Gasteiger partial charge in [-0.05, 0) is 12.8 Å². The number of aromatic nitrogens is 2. The molecule has 1 aromatic heterocycles. The van der Waals surface area contributed by atoms with Crippen LogP contribution in [0.1, 0.15) is 18.4 Å². The largest absolute Gasteiger partial charge is 0.394 e. The minimum Gasteiger partial charge on any atom is -0.394 e. The Morgan fingerprint density at radius 2 is 2.26 bits per heavy atom. The number of anilines is 1. The van der Waals surface area contributed by atoms with Crippen molar-refractivity contribution in [2.24, 2.45) is 0 Å². The van der Waals surface area contributed by atoms with Crippen LogP contribution in [0.2, 0.25) is 0 Å². The van der Waals surface area contributed by atoms with Gasteiger partial charge in [0.1, 0.15) is 0 Å². The first-order valence-corrected chi connectivity index (χ1v) is 6.73. The zero-order valence-corrected chi connectivity index (χ0v) is 11.4. The molecule has 0 saturated carbocycles. The monoisotopic (exact) mass is 266 g/mol. The Morgan fingerprint density at radius 1 is 1.47 bits per heavy atom. The van der Waals surface area contributed by atoms with Crippen molar-refractivity contribution in [3.05, 3.63) is 18.0 Å². The molecule has 1 fully saturated rings. The van der Waals surface area contributed by atoms with Crippen molar-refractivity contribution in [1.29, 1.82) is 0 Å². The van der Waals surface area contributed by atoms with Gasteiger partial charge in [-0.2, -0.15) is 0 Å². The second-order valence-electron chi connectivity index (χ2n) is 4.73. The number of nitrogens with one attached hydrogen (secondary N) is 1. The summed E-state index contributed by atoms with van der Waals surface area (Å²) in [6.07, 6.45) is 5.79. The number of ether oxygens (including phenoxy) is 1. The van der Waals surface area contributed by atoms with E-state index in [2.05, 4.69) is 20.2 Å². The number of hydrogen-bond donors (Lipinski definition) is 2. The highest BCUT2D eigenvalue weighted by atomic mass is 16.5. The van der Waals surface area contributed by atoms with E-state index in [1.165, 1.54) is 0 Å². The third-order valence-corrected chi connectivity index (χ3v) is 3.35. The van der Waals surface area contributed by atoms with Gasteiger partial charge in [-0.1, -0.05) is 0 Å². The van der Waals surface area contributed by atoms with Gasteiger partial charge in [-0.15, -0.1) is 0 Å². The third kappa shape index (κ3) is 3.86. The maximum Gasteiger partial charge on any atom is 0.225 e. The Labute approximate surface area is 113 Å². The minimum absolute atomic E-state index is 0.170. The van der Waals surface area contributed by atoms with E-state index in [9.17, 15) is 5.11 Å². The molecule has 2 rings (SSSR count). The number of nitrogens with zero attached hydrogens (tertiary/aromatic N) is 3. The fraction of sp³-hybridized carbons (Fsp3) is 0.692. The molecule has 6 nitrogen and oxygen atoms in total. The summed E-state index contributed by atoms with van der Waals surface area (Å²) < 4.78 is 4.97. The van der Waals surface area contributed by atoms with E-state index in [0.29, 0.717) is 6.61 Å². The van der Waals surface area contributed by atoms with Gasteiger partial charge in [0.2, 0.25) is 5.95 Å². The first-order chi connectivity index (χ1) is 9.35. The molecule has 0 amide bonds. The summed E-state index contributed by atoms with van der Waals surface area (Å²) >= 11 is 0. The summed E-state index contributed by atoms with van der Waals surface area (Å²) in [6, 6.07) is 0.172. The number of methoxy groups -OCH3 is 1. The summed E-state index contributed by atoms with van der Waals surface area (Å²) in [5.74, 6) is 0.720. The van der Waals surface area contributed by atoms with Crippen molar-refractivity contribution < 1.29 is 9.84 Å². The van der Waals surface area contributed by atoms with Crippen LogP contribution in [0.25, 0.3) is 0 Å². The molecule has 1 aliphatic heterocycles. The van der Waals surface area contributed by atoms with Crippen LogP contribution in [0.5, 0.6) is 0 Å². The smallest absolute Gasteiger partial charge is 0.225 e. The number of aliphatic hydroxyl groups is 1. The molecule has 0 bridgehead atoms. The second-order valence-corrected chi connectivity index (χ2v) is 4.73. The molecule has 0 aliphatic carbocycles. The molecule has 1 atom stereocenters. The molecular weight excluding hydrogens is 244 g/mol. The van der Waals surface area contributed by atoms with E-state index in [1.54, 1.807) is 7.11 Å². The Kier molecular flexibility index (Phi) is 5.50. The Morgan fingerprint density at radius 3 is 2.95 bits per heavy atom. The molecule has 106 valence electrons. The van der Waals surface area contributed by atoms with E-state index in [0.717, 1.165) is 44.0 Å². The van der Waals surface area contributed by atoms with Gasteiger partial charge in [0.25, 0.3) is 0 Å². The normalized spacial score (nSPS) is 19.1. The van der Waals surface area contributed by atoms with E-state index < -0.39 is 0 Å². The second kappa shape index (κ2) is 7.37. The van der Waals surface area contributed by atoms with Crippen LogP contribution in [-0.2, 0) is 11.3 Å². The van der Waals surface area contributed by atoms with Crippen LogP contribution in [0, 0.1) is 0 Å². The summed E-state index contributed by atoms with van der Waals surface area (Å²) in [6.45, 7) is 3.36. The van der Waals surface area contributed by atoms with Gasteiger partial charge < -0.3 is 20.1 Å². The fourth-order valence-electron chi connectivity index (χ4n) is 2.28. The van der Waals surface area contributed by atoms with Crippen molar-refractivity contribution in [2.45, 2.75) is 25.4 Å². The van der Waals surface area contributed by atoms with Crippen molar-refractivity contribution in [1.82, 2.24) is 15.3 Å². The zero-order valence-electron chi connectivity index (χ0n) is 11.4. The highest BCUT2D eigenvalue weighted by molar-refractivity contribution is 5.33. The van der Waals surface area contributed by atoms with Crippen molar-refractivity contribution >= 4 is 5.95 Å². The average Bonchev–Trinajstić information content (AvgIpc) is 2.93. The lowest BCUT2D eigenvalue weighted by atomic mass is 10.2. The minimum atomic E-state index is 0.170. The number of hydrogen-bond acceptors (Lipinski definition) is 6. The lowest BCUT2D eigenvalue weighted by molar-refractivity contribution is 0.199. The molecule has 0 spiro atoms. The van der Waals surface area contributed by atoms with Gasteiger partial charge in [0.15, 0.2) is 0 Å². The fourth-order valence-corrected chi connectivity index (χ4v) is 2.28. The molecule has 0 radical (unpaired) electrons. The van der Waals surface area contributed by atoms with Crippen molar-refractivity contribution in [3.63, 3.8) is 0 Å². The van der Waals surface area contributed by atoms with Gasteiger partial charge in [0, 0.05) is 44.7 Å². The van der Waals surface area contributed by atoms with Gasteiger partial charge >= 0.3 is 0 Å². The first kappa shape index (κ1) is 14.2. The highest BCUT2D eigenvalue weighted by Gasteiger charge is 2.25. The van der Waals surface area contributed by atoms with Crippen LogP contribution < -0.4 is 10.2 Å². The number of rotatable bonds is 7. The Bertz CT molecular complexity index is 371. The first-order valence-electron chi connectivity index (χ1n) is 6.73. The lowest BCUT2D eigenvalue weighted by Crippen LogP contribution is -2.33. The van der Waals surface area contributed by atoms with Crippen LogP contribution in [-0.4, -0.2) is 54.5 Å². The van der Waals surface area contributed by atoms with Gasteiger partial charge in [0.05, 0.1) is 19.3 Å². The predicted molar refractivity (Wildman–Crippen MR) is 73.1 cm³/mol. The molecule has 19 heavy (non-hydrogen) atoms. The molecule has 1 aliphatic rings. The van der Waals surface area contributed by atoms with E-state index >= 15 is 0 Å². The summed E-state index contributed by atoms with van der Waals surface area (Å²) in [5, 5.41) is 12.6. The van der Waals surface area contributed by atoms with E-state index in [-0.39, 0.29) is 12.6 Å². The van der Waals surface area contributed by atoms with Gasteiger partial charge in [-0.25, -0.2) is 9.97 Å². The quantitative estimate of drug-likeness (QED) is 0.686. The lowest BCUT2D eigenvalue weighted by Gasteiger charge is -2.22. The Hall–Kier alpha value is -1.24. The molecule has 6 heteroatoms. The molecule has 2 heterocycles. The van der Waals surface area contributed by atoms with E-state index in [1.807, 2.05) is 12.4 Å². The summed E-state index contributed by atoms with van der Waals surface area (Å²) in [4.78, 5) is 10.9. The average molecular weight is 266 g/mol. The Balaban J connectivity index is 1.87. The van der Waals surface area contributed by atoms with Gasteiger partial charge in [-0.3, -0.25) is 0 Å². The molecule has 2 N–H and O–H groups in total. The van der Waals surface area contributed by atoms with Crippen LogP contribution >= 0.6 is 0 Å². The number of aliphatic hydroxyl groups excluding tert-OH is 1. The zero-order chi connectivity index (χ0) is 13.5. The maximum absolute atomic E-state index is 9.30. The maximum atomic E-state index is 9.30. The predicted octanol–water partition coefficient (Wildman–Crippen LogP) is 0.174. The highest BCUT2D eigenvalue weighted by Crippen LogP contribution is 2.21. The molecule has 0 aromatic carbocycles. The molecule has 1 aromatic rings. The van der Waals surface area contributed by atoms with Crippen LogP contribution in [0.3, 0.4) is 0 Å². The third-order valence-electron chi connectivity index (χ3n) is 3.35.